The Hall–Kier alpha value is -4.13. The minimum atomic E-state index is -1.64. The Morgan fingerprint density at radius 2 is 1.71 bits per heavy atom. The Labute approximate surface area is 181 Å². The van der Waals surface area contributed by atoms with Crippen molar-refractivity contribution in [2.45, 2.75) is 25.6 Å². The molecule has 0 aromatic heterocycles. The number of rotatable bonds is 3. The van der Waals surface area contributed by atoms with Crippen molar-refractivity contribution >= 4 is 23.1 Å². The molecule has 4 rings (SSSR count). The number of amides is 2. The summed E-state index contributed by atoms with van der Waals surface area (Å²) in [5, 5.41) is 21.1. The monoisotopic (exact) mass is 408 g/mol. The fourth-order valence-electron chi connectivity index (χ4n) is 4.04. The van der Waals surface area contributed by atoms with Gasteiger partial charge in [-0.1, -0.05) is 42.0 Å². The Morgan fingerprint density at radius 1 is 1.06 bits per heavy atom. The maximum Gasteiger partial charge on any atom is 0.332 e. The van der Waals surface area contributed by atoms with Crippen LogP contribution in [-0.4, -0.2) is 17.2 Å². The molecule has 1 fully saturated rings. The molecule has 6 nitrogen and oxygen atoms in total. The van der Waals surface area contributed by atoms with Gasteiger partial charge in [-0.05, 0) is 50.2 Å². The van der Waals surface area contributed by atoms with E-state index in [9.17, 15) is 9.90 Å². The molecule has 1 heterocycles. The highest BCUT2D eigenvalue weighted by Gasteiger charge is 2.56. The van der Waals surface area contributed by atoms with Gasteiger partial charge in [0.2, 0.25) is 0 Å². The van der Waals surface area contributed by atoms with Crippen LogP contribution in [0.2, 0.25) is 0 Å². The summed E-state index contributed by atoms with van der Waals surface area (Å²) in [7, 11) is 0. The normalized spacial score (nSPS) is 20.4. The average molecular weight is 408 g/mol. The molecule has 1 aliphatic rings. The van der Waals surface area contributed by atoms with Crippen molar-refractivity contribution in [2.75, 3.05) is 9.80 Å². The molecule has 1 N–H and O–H groups in total. The van der Waals surface area contributed by atoms with Crippen LogP contribution in [0, 0.1) is 24.8 Å². The number of aryl methyl sites for hydroxylation is 1. The zero-order valence-electron chi connectivity index (χ0n) is 17.1. The van der Waals surface area contributed by atoms with Gasteiger partial charge in [0.15, 0.2) is 11.4 Å². The van der Waals surface area contributed by atoms with Crippen LogP contribution < -0.4 is 9.80 Å². The summed E-state index contributed by atoms with van der Waals surface area (Å²) in [6.45, 7) is 10.9. The number of urea groups is 1. The van der Waals surface area contributed by atoms with E-state index in [0.717, 1.165) is 5.56 Å². The molecule has 3 aromatic rings. The number of anilines is 2. The second kappa shape index (κ2) is 7.60. The standard InChI is InChI=1S/C25H20N4O2/c1-17-5-4-6-20(15-17)25(31)18(2)28(22-11-7-19(16-26)8-12-22)24(30)29(25)23-13-9-21(27-3)10-14-23/h4-15,18,31H,1-2H3/t18-,25?/m0/s1. The predicted octanol–water partition coefficient (Wildman–Crippen LogP) is 5.10. The highest BCUT2D eigenvalue weighted by atomic mass is 16.3. The summed E-state index contributed by atoms with van der Waals surface area (Å²) in [5.41, 5.74) is 1.93. The molecule has 31 heavy (non-hydrogen) atoms. The first-order chi connectivity index (χ1) is 14.9. The lowest BCUT2D eigenvalue weighted by atomic mass is 9.93. The molecule has 3 aromatic carbocycles. The minimum absolute atomic E-state index is 0.392. The average Bonchev–Trinajstić information content (AvgIpc) is 3.00. The van der Waals surface area contributed by atoms with Crippen molar-refractivity contribution in [3.8, 4) is 6.07 Å². The van der Waals surface area contributed by atoms with Gasteiger partial charge in [0, 0.05) is 16.9 Å². The first-order valence-corrected chi connectivity index (χ1v) is 9.80. The lowest BCUT2D eigenvalue weighted by molar-refractivity contribution is 0.0372. The van der Waals surface area contributed by atoms with Gasteiger partial charge in [-0.25, -0.2) is 9.64 Å². The zero-order valence-corrected chi connectivity index (χ0v) is 17.1. The van der Waals surface area contributed by atoms with E-state index in [2.05, 4.69) is 10.9 Å². The van der Waals surface area contributed by atoms with Crippen LogP contribution in [-0.2, 0) is 5.72 Å². The molecular weight excluding hydrogens is 388 g/mol. The fourth-order valence-corrected chi connectivity index (χ4v) is 4.04. The molecule has 0 saturated carbocycles. The number of carbonyl (C=O) groups is 1. The molecule has 0 aliphatic carbocycles. The van der Waals surface area contributed by atoms with E-state index in [0.29, 0.717) is 28.2 Å². The third-order valence-electron chi connectivity index (χ3n) is 5.66. The second-order valence-electron chi connectivity index (χ2n) is 7.55. The molecule has 152 valence electrons. The largest absolute Gasteiger partial charge is 0.365 e. The van der Waals surface area contributed by atoms with Crippen LogP contribution in [0.3, 0.4) is 0 Å². The van der Waals surface area contributed by atoms with Gasteiger partial charge in [-0.2, -0.15) is 5.26 Å². The van der Waals surface area contributed by atoms with Crippen molar-refractivity contribution in [1.29, 1.82) is 5.26 Å². The van der Waals surface area contributed by atoms with Crippen molar-refractivity contribution in [3.63, 3.8) is 0 Å². The lowest BCUT2D eigenvalue weighted by Crippen LogP contribution is -2.48. The summed E-state index contributed by atoms with van der Waals surface area (Å²) in [4.78, 5) is 20.0. The van der Waals surface area contributed by atoms with E-state index in [1.165, 1.54) is 9.80 Å². The van der Waals surface area contributed by atoms with Gasteiger partial charge in [-0.15, -0.1) is 0 Å². The van der Waals surface area contributed by atoms with Crippen LogP contribution in [0.25, 0.3) is 4.85 Å². The van der Waals surface area contributed by atoms with Crippen molar-refractivity contribution < 1.29 is 9.90 Å². The zero-order chi connectivity index (χ0) is 22.2. The molecule has 0 radical (unpaired) electrons. The number of hydrogen-bond acceptors (Lipinski definition) is 3. The summed E-state index contributed by atoms with van der Waals surface area (Å²) >= 11 is 0. The van der Waals surface area contributed by atoms with E-state index in [1.807, 2.05) is 25.1 Å². The van der Waals surface area contributed by atoms with Crippen molar-refractivity contribution in [2.24, 2.45) is 0 Å². The number of aliphatic hydroxyl groups is 1. The third-order valence-corrected chi connectivity index (χ3v) is 5.66. The highest BCUT2D eigenvalue weighted by Crippen LogP contribution is 2.44. The van der Waals surface area contributed by atoms with Crippen molar-refractivity contribution in [1.82, 2.24) is 0 Å². The van der Waals surface area contributed by atoms with Gasteiger partial charge < -0.3 is 5.11 Å². The van der Waals surface area contributed by atoms with Crippen LogP contribution >= 0.6 is 0 Å². The number of benzene rings is 3. The molecular formula is C25H20N4O2. The van der Waals surface area contributed by atoms with Crippen LogP contribution in [0.1, 0.15) is 23.6 Å². The van der Waals surface area contributed by atoms with E-state index in [-0.39, 0.29) is 0 Å². The van der Waals surface area contributed by atoms with Crippen LogP contribution in [0.4, 0.5) is 21.9 Å². The number of carbonyl (C=O) groups excluding carboxylic acids is 1. The molecule has 0 spiro atoms. The lowest BCUT2D eigenvalue weighted by Gasteiger charge is -2.36. The smallest absolute Gasteiger partial charge is 0.332 e. The Balaban J connectivity index is 1.89. The van der Waals surface area contributed by atoms with Crippen LogP contribution in [0.5, 0.6) is 0 Å². The topological polar surface area (TPSA) is 71.9 Å². The molecule has 2 amide bonds. The van der Waals surface area contributed by atoms with E-state index >= 15 is 0 Å². The van der Waals surface area contributed by atoms with Gasteiger partial charge >= 0.3 is 6.03 Å². The molecule has 0 bridgehead atoms. The van der Waals surface area contributed by atoms with E-state index in [1.54, 1.807) is 61.5 Å². The van der Waals surface area contributed by atoms with Crippen LogP contribution in [0.15, 0.2) is 72.8 Å². The number of hydrogen-bond donors (Lipinski definition) is 1. The number of nitriles is 1. The van der Waals surface area contributed by atoms with E-state index in [4.69, 9.17) is 11.8 Å². The summed E-state index contributed by atoms with van der Waals surface area (Å²) in [6.07, 6.45) is 0. The molecule has 6 heteroatoms. The van der Waals surface area contributed by atoms with Crippen molar-refractivity contribution in [3.05, 3.63) is 101 Å². The van der Waals surface area contributed by atoms with Gasteiger partial charge in [0.1, 0.15) is 0 Å². The molecule has 1 unspecified atom stereocenters. The first kappa shape index (κ1) is 20.2. The molecule has 2 atom stereocenters. The third kappa shape index (κ3) is 3.20. The number of nitrogens with zero attached hydrogens (tertiary/aromatic N) is 4. The SMILES string of the molecule is [C-]#[N+]c1ccc(N2C(=O)N(c3ccc(C#N)cc3)[C@@H](C)C2(O)c2cccc(C)c2)cc1. The fraction of sp³-hybridized carbons (Fsp3) is 0.160. The Kier molecular flexibility index (Phi) is 4.94. The first-order valence-electron chi connectivity index (χ1n) is 9.80. The highest BCUT2D eigenvalue weighted by molar-refractivity contribution is 6.08. The summed E-state index contributed by atoms with van der Waals surface area (Å²) in [6, 6.07) is 21.8. The second-order valence-corrected chi connectivity index (χ2v) is 7.55. The minimum Gasteiger partial charge on any atom is -0.365 e. The Morgan fingerprint density at radius 3 is 2.29 bits per heavy atom. The molecule has 1 saturated heterocycles. The quantitative estimate of drug-likeness (QED) is 0.613. The van der Waals surface area contributed by atoms with Gasteiger partial charge in [0.25, 0.3) is 0 Å². The van der Waals surface area contributed by atoms with Gasteiger partial charge in [-0.3, -0.25) is 9.80 Å². The summed E-state index contributed by atoms with van der Waals surface area (Å²) in [5.74, 6) is 0. The molecule has 1 aliphatic heterocycles. The van der Waals surface area contributed by atoms with Gasteiger partial charge in [0.05, 0.1) is 24.2 Å². The predicted molar refractivity (Wildman–Crippen MR) is 119 cm³/mol. The maximum absolute atomic E-state index is 13.7. The summed E-state index contributed by atoms with van der Waals surface area (Å²) < 4.78 is 0. The maximum atomic E-state index is 13.7. The van der Waals surface area contributed by atoms with E-state index < -0.39 is 17.8 Å². The Bertz CT molecular complexity index is 1220.